The van der Waals surface area contributed by atoms with Gasteiger partial charge in [0.25, 0.3) is 0 Å². The molecule has 0 radical (unpaired) electrons. The van der Waals surface area contributed by atoms with Gasteiger partial charge in [-0.1, -0.05) is 18.6 Å². The van der Waals surface area contributed by atoms with Crippen LogP contribution in [-0.2, 0) is 0 Å². The van der Waals surface area contributed by atoms with Crippen LogP contribution >= 0.6 is 0 Å². The van der Waals surface area contributed by atoms with Gasteiger partial charge in [0.1, 0.15) is 5.75 Å². The minimum absolute atomic E-state index is 0.283. The molecule has 0 spiro atoms. The molecule has 2 rings (SSSR count). The zero-order valence-electron chi connectivity index (χ0n) is 15.4. The summed E-state index contributed by atoms with van der Waals surface area (Å²) in [7, 11) is 1.70. The van der Waals surface area contributed by atoms with Gasteiger partial charge in [0, 0.05) is 13.1 Å². The Morgan fingerprint density at radius 3 is 2.33 bits per heavy atom. The molecule has 0 bridgehead atoms. The number of likely N-dealkylation sites (tertiary alicyclic amines) is 1. The van der Waals surface area contributed by atoms with Gasteiger partial charge in [-0.15, -0.1) is 0 Å². The lowest BCUT2D eigenvalue weighted by Gasteiger charge is -2.34. The molecule has 1 aliphatic heterocycles. The first-order chi connectivity index (χ1) is 11.7. The number of hydrogen-bond acceptors (Lipinski definition) is 3. The van der Waals surface area contributed by atoms with Gasteiger partial charge in [-0.3, -0.25) is 9.89 Å². The molecule has 2 N–H and O–H groups in total. The lowest BCUT2D eigenvalue weighted by Crippen LogP contribution is -2.39. The van der Waals surface area contributed by atoms with Crippen molar-refractivity contribution in [1.29, 1.82) is 0 Å². The predicted octanol–water partition coefficient (Wildman–Crippen LogP) is 2.88. The quantitative estimate of drug-likeness (QED) is 0.616. The van der Waals surface area contributed by atoms with E-state index in [4.69, 9.17) is 15.5 Å². The highest BCUT2D eigenvalue weighted by Crippen LogP contribution is 2.26. The fourth-order valence-corrected chi connectivity index (χ4v) is 3.32. The van der Waals surface area contributed by atoms with E-state index in [-0.39, 0.29) is 6.04 Å². The van der Waals surface area contributed by atoms with Crippen molar-refractivity contribution in [3.63, 3.8) is 0 Å². The molecule has 24 heavy (non-hydrogen) atoms. The molecule has 1 fully saturated rings. The molecule has 5 nitrogen and oxygen atoms in total. The number of methoxy groups -OCH3 is 1. The van der Waals surface area contributed by atoms with E-state index in [1.807, 2.05) is 12.1 Å². The first-order valence-corrected chi connectivity index (χ1v) is 9.12. The van der Waals surface area contributed by atoms with Gasteiger partial charge in [-0.05, 0) is 57.5 Å². The third-order valence-corrected chi connectivity index (χ3v) is 4.85. The molecule has 1 saturated heterocycles. The Labute approximate surface area is 146 Å². The van der Waals surface area contributed by atoms with Crippen molar-refractivity contribution in [3.8, 4) is 5.75 Å². The average molecular weight is 332 g/mol. The van der Waals surface area contributed by atoms with Crippen molar-refractivity contribution < 1.29 is 4.74 Å². The van der Waals surface area contributed by atoms with Gasteiger partial charge in [0.15, 0.2) is 5.96 Å². The fraction of sp³-hybridized carbons (Fsp3) is 0.632. The molecule has 1 unspecified atom stereocenters. The first kappa shape index (κ1) is 18.6. The second-order valence-electron chi connectivity index (χ2n) is 6.26. The van der Waals surface area contributed by atoms with E-state index in [0.29, 0.717) is 12.5 Å². The minimum Gasteiger partial charge on any atom is -0.497 e. The Hall–Kier alpha value is -1.75. The maximum atomic E-state index is 6.18. The van der Waals surface area contributed by atoms with Crippen molar-refractivity contribution in [3.05, 3.63) is 29.8 Å². The molecule has 1 aromatic carbocycles. The van der Waals surface area contributed by atoms with Crippen LogP contribution in [0.3, 0.4) is 0 Å². The lowest BCUT2D eigenvalue weighted by molar-refractivity contribution is 0.167. The normalized spacial score (nSPS) is 17.5. The standard InChI is InChI=1S/C19H32N4O/c1-4-22(5-2)19(20)21-15-18(23-13-7-6-8-14-23)16-9-11-17(24-3)12-10-16/h9-12,18H,4-8,13-15H2,1-3H3,(H2,20,21). The van der Waals surface area contributed by atoms with Crippen LogP contribution in [0, 0.1) is 0 Å². The number of benzene rings is 1. The molecule has 1 heterocycles. The van der Waals surface area contributed by atoms with Gasteiger partial charge in [-0.25, -0.2) is 0 Å². The van der Waals surface area contributed by atoms with Gasteiger partial charge in [0.05, 0.1) is 19.7 Å². The number of rotatable bonds is 7. The molecule has 5 heteroatoms. The third kappa shape index (κ3) is 4.87. The van der Waals surface area contributed by atoms with E-state index in [9.17, 15) is 0 Å². The summed E-state index contributed by atoms with van der Waals surface area (Å²) in [6.45, 7) is 8.98. The molecule has 1 aromatic rings. The summed E-state index contributed by atoms with van der Waals surface area (Å²) in [5, 5.41) is 0. The minimum atomic E-state index is 0.283. The molecule has 0 aliphatic carbocycles. The molecule has 0 saturated carbocycles. The van der Waals surface area contributed by atoms with Crippen molar-refractivity contribution in [2.24, 2.45) is 10.7 Å². The SMILES string of the molecule is CCN(CC)C(N)=NCC(c1ccc(OC)cc1)N1CCCCC1. The largest absolute Gasteiger partial charge is 0.497 e. The molecular formula is C19H32N4O. The smallest absolute Gasteiger partial charge is 0.191 e. The second kappa shape index (κ2) is 9.52. The number of nitrogens with zero attached hydrogens (tertiary/aromatic N) is 3. The summed E-state index contributed by atoms with van der Waals surface area (Å²) < 4.78 is 5.29. The topological polar surface area (TPSA) is 54.1 Å². The van der Waals surface area contributed by atoms with Crippen LogP contribution in [0.2, 0.25) is 0 Å². The van der Waals surface area contributed by atoms with E-state index in [2.05, 4.69) is 35.8 Å². The van der Waals surface area contributed by atoms with Crippen LogP contribution in [0.25, 0.3) is 0 Å². The zero-order valence-corrected chi connectivity index (χ0v) is 15.4. The van der Waals surface area contributed by atoms with Crippen LogP contribution in [0.15, 0.2) is 29.3 Å². The molecule has 1 aliphatic rings. The molecule has 1 atom stereocenters. The van der Waals surface area contributed by atoms with Gasteiger partial charge in [0.2, 0.25) is 0 Å². The fourth-order valence-electron chi connectivity index (χ4n) is 3.32. The van der Waals surface area contributed by atoms with Crippen LogP contribution in [-0.4, -0.2) is 55.6 Å². The summed E-state index contributed by atoms with van der Waals surface area (Å²) in [6, 6.07) is 8.65. The van der Waals surface area contributed by atoms with Gasteiger partial charge < -0.3 is 15.4 Å². The van der Waals surface area contributed by atoms with Crippen LogP contribution in [0.5, 0.6) is 5.75 Å². The molecule has 0 aromatic heterocycles. The third-order valence-electron chi connectivity index (χ3n) is 4.85. The lowest BCUT2D eigenvalue weighted by atomic mass is 10.0. The highest BCUT2D eigenvalue weighted by Gasteiger charge is 2.22. The maximum Gasteiger partial charge on any atom is 0.191 e. The second-order valence-corrected chi connectivity index (χ2v) is 6.26. The van der Waals surface area contributed by atoms with E-state index < -0.39 is 0 Å². The summed E-state index contributed by atoms with van der Waals surface area (Å²) in [4.78, 5) is 9.35. The Morgan fingerprint density at radius 2 is 1.79 bits per heavy atom. The molecule has 0 amide bonds. The number of aliphatic imine (C=N–C) groups is 1. The Bertz CT molecular complexity index is 505. The zero-order chi connectivity index (χ0) is 17.4. The van der Waals surface area contributed by atoms with Crippen molar-refractivity contribution in [2.45, 2.75) is 39.2 Å². The van der Waals surface area contributed by atoms with Crippen LogP contribution < -0.4 is 10.5 Å². The van der Waals surface area contributed by atoms with Gasteiger partial charge >= 0.3 is 0 Å². The summed E-state index contributed by atoms with van der Waals surface area (Å²) in [6.07, 6.45) is 3.86. The molecular weight excluding hydrogens is 300 g/mol. The number of ether oxygens (including phenoxy) is 1. The monoisotopic (exact) mass is 332 g/mol. The Kier molecular flexibility index (Phi) is 7.37. The number of hydrogen-bond donors (Lipinski definition) is 1. The number of guanidine groups is 1. The van der Waals surface area contributed by atoms with Crippen LogP contribution in [0.4, 0.5) is 0 Å². The first-order valence-electron chi connectivity index (χ1n) is 9.12. The highest BCUT2D eigenvalue weighted by atomic mass is 16.5. The number of piperidine rings is 1. The number of nitrogens with two attached hydrogens (primary N) is 1. The summed E-state index contributed by atoms with van der Waals surface area (Å²) >= 11 is 0. The van der Waals surface area contributed by atoms with Crippen molar-refractivity contribution in [2.75, 3.05) is 39.8 Å². The molecule has 134 valence electrons. The van der Waals surface area contributed by atoms with E-state index in [1.54, 1.807) is 7.11 Å². The van der Waals surface area contributed by atoms with Crippen molar-refractivity contribution >= 4 is 5.96 Å². The van der Waals surface area contributed by atoms with E-state index >= 15 is 0 Å². The van der Waals surface area contributed by atoms with E-state index in [0.717, 1.165) is 31.9 Å². The summed E-state index contributed by atoms with van der Waals surface area (Å²) in [5.74, 6) is 1.54. The van der Waals surface area contributed by atoms with Crippen molar-refractivity contribution in [1.82, 2.24) is 9.80 Å². The van der Waals surface area contributed by atoms with E-state index in [1.165, 1.54) is 24.8 Å². The maximum absolute atomic E-state index is 6.18. The van der Waals surface area contributed by atoms with Crippen LogP contribution in [0.1, 0.15) is 44.7 Å². The predicted molar refractivity (Wildman–Crippen MR) is 101 cm³/mol. The highest BCUT2D eigenvalue weighted by molar-refractivity contribution is 5.78. The summed E-state index contributed by atoms with van der Waals surface area (Å²) in [5.41, 5.74) is 7.46. The van der Waals surface area contributed by atoms with Gasteiger partial charge in [-0.2, -0.15) is 0 Å². The Morgan fingerprint density at radius 1 is 1.17 bits per heavy atom. The Balaban J connectivity index is 2.17. The average Bonchev–Trinajstić information content (AvgIpc) is 2.64.